The van der Waals surface area contributed by atoms with Crippen molar-refractivity contribution < 1.29 is 13.2 Å². The minimum atomic E-state index is -4.39. The molecule has 3 rings (SSSR count). The molecule has 0 aromatic carbocycles. The first-order chi connectivity index (χ1) is 9.93. The maximum atomic E-state index is 12.8. The van der Waals surface area contributed by atoms with Crippen LogP contribution in [0.4, 0.5) is 19.0 Å². The molecular formula is C14H17ClF3N3. The van der Waals surface area contributed by atoms with Crippen LogP contribution in [0.3, 0.4) is 0 Å². The fraction of sp³-hybridized carbons (Fsp3) is 0.643. The first-order valence-corrected chi connectivity index (χ1v) is 7.55. The Morgan fingerprint density at radius 3 is 2.52 bits per heavy atom. The molecule has 1 aromatic heterocycles. The predicted octanol–water partition coefficient (Wildman–Crippen LogP) is 3.43. The molecule has 0 spiro atoms. The van der Waals surface area contributed by atoms with Gasteiger partial charge in [-0.25, -0.2) is 4.98 Å². The van der Waals surface area contributed by atoms with Crippen LogP contribution in [0.1, 0.15) is 24.8 Å². The third kappa shape index (κ3) is 3.26. The monoisotopic (exact) mass is 319 g/mol. The lowest BCUT2D eigenvalue weighted by molar-refractivity contribution is -0.137. The van der Waals surface area contributed by atoms with Crippen LogP contribution in [0.2, 0.25) is 5.15 Å². The van der Waals surface area contributed by atoms with Crippen LogP contribution < -0.4 is 4.90 Å². The van der Waals surface area contributed by atoms with Crippen molar-refractivity contribution >= 4 is 17.4 Å². The Hall–Kier alpha value is -1.01. The number of nitrogens with zero attached hydrogens (tertiary/aromatic N) is 3. The van der Waals surface area contributed by atoms with Crippen molar-refractivity contribution in [2.24, 2.45) is 0 Å². The molecule has 21 heavy (non-hydrogen) atoms. The summed E-state index contributed by atoms with van der Waals surface area (Å²) in [5.74, 6) is 0.330. The number of alkyl halides is 3. The van der Waals surface area contributed by atoms with Crippen molar-refractivity contribution in [2.45, 2.75) is 31.5 Å². The smallest absolute Gasteiger partial charge is 0.355 e. The number of hydrogen-bond donors (Lipinski definition) is 0. The van der Waals surface area contributed by atoms with Crippen molar-refractivity contribution in [3.05, 3.63) is 22.8 Å². The number of halogens is 4. The van der Waals surface area contributed by atoms with E-state index in [2.05, 4.69) is 9.88 Å². The quantitative estimate of drug-likeness (QED) is 0.779. The van der Waals surface area contributed by atoms with Gasteiger partial charge in [0.25, 0.3) is 0 Å². The molecule has 7 heteroatoms. The number of rotatable bonds is 2. The van der Waals surface area contributed by atoms with E-state index in [1.807, 2.05) is 4.90 Å². The van der Waals surface area contributed by atoms with Crippen LogP contribution >= 0.6 is 11.6 Å². The molecular weight excluding hydrogens is 303 g/mol. The molecule has 3 nitrogen and oxygen atoms in total. The lowest BCUT2D eigenvalue weighted by atomic mass is 10.2. The van der Waals surface area contributed by atoms with Crippen molar-refractivity contribution in [3.8, 4) is 0 Å². The second-order valence-electron chi connectivity index (χ2n) is 5.67. The number of hydrogen-bond acceptors (Lipinski definition) is 3. The summed E-state index contributed by atoms with van der Waals surface area (Å²) in [7, 11) is 0. The molecule has 2 aliphatic heterocycles. The second kappa shape index (κ2) is 5.65. The first-order valence-electron chi connectivity index (χ1n) is 7.17. The Bertz CT molecular complexity index is 515. The Morgan fingerprint density at radius 1 is 1.14 bits per heavy atom. The molecule has 2 saturated heterocycles. The van der Waals surface area contributed by atoms with Gasteiger partial charge in [0.1, 0.15) is 11.0 Å². The number of pyridine rings is 1. The molecule has 2 aliphatic rings. The van der Waals surface area contributed by atoms with Gasteiger partial charge in [-0.2, -0.15) is 13.2 Å². The molecule has 0 aliphatic carbocycles. The maximum Gasteiger partial charge on any atom is 0.416 e. The lowest BCUT2D eigenvalue weighted by Gasteiger charge is -2.24. The minimum absolute atomic E-state index is 0.107. The highest BCUT2D eigenvalue weighted by Crippen LogP contribution is 2.34. The van der Waals surface area contributed by atoms with E-state index in [0.29, 0.717) is 11.9 Å². The molecule has 1 unspecified atom stereocenters. The molecule has 2 fully saturated rings. The summed E-state index contributed by atoms with van der Waals surface area (Å²) in [6.45, 7) is 3.64. The van der Waals surface area contributed by atoms with Gasteiger partial charge in [-0.05, 0) is 44.5 Å². The van der Waals surface area contributed by atoms with Crippen LogP contribution in [-0.4, -0.2) is 42.1 Å². The van der Waals surface area contributed by atoms with Crippen LogP contribution in [0.15, 0.2) is 12.1 Å². The summed E-state index contributed by atoms with van der Waals surface area (Å²) in [6, 6.07) is 2.39. The summed E-state index contributed by atoms with van der Waals surface area (Å²) < 4.78 is 38.5. The van der Waals surface area contributed by atoms with Crippen LogP contribution in [0.5, 0.6) is 0 Å². The van der Waals surface area contributed by atoms with Gasteiger partial charge in [-0.1, -0.05) is 11.6 Å². The van der Waals surface area contributed by atoms with E-state index in [1.165, 1.54) is 12.8 Å². The third-order valence-electron chi connectivity index (χ3n) is 4.25. The molecule has 1 aromatic rings. The highest BCUT2D eigenvalue weighted by molar-refractivity contribution is 6.29. The Labute approximate surface area is 126 Å². The van der Waals surface area contributed by atoms with Crippen LogP contribution in [0, 0.1) is 0 Å². The molecule has 0 bridgehead atoms. The van der Waals surface area contributed by atoms with Gasteiger partial charge in [0, 0.05) is 19.1 Å². The average molecular weight is 320 g/mol. The summed E-state index contributed by atoms with van der Waals surface area (Å²) in [4.78, 5) is 8.40. The lowest BCUT2D eigenvalue weighted by Crippen LogP contribution is -2.35. The van der Waals surface area contributed by atoms with E-state index in [0.717, 1.165) is 44.7 Å². The van der Waals surface area contributed by atoms with E-state index in [-0.39, 0.29) is 5.15 Å². The van der Waals surface area contributed by atoms with Crippen molar-refractivity contribution in [2.75, 3.05) is 31.1 Å². The van der Waals surface area contributed by atoms with Gasteiger partial charge in [-0.3, -0.25) is 4.90 Å². The van der Waals surface area contributed by atoms with E-state index >= 15 is 0 Å². The summed E-state index contributed by atoms with van der Waals surface area (Å²) in [6.07, 6.45) is -1.00. The van der Waals surface area contributed by atoms with E-state index < -0.39 is 11.7 Å². The molecule has 0 radical (unpaired) electrons. The van der Waals surface area contributed by atoms with E-state index in [1.54, 1.807) is 0 Å². The maximum absolute atomic E-state index is 12.8. The molecule has 3 heterocycles. The van der Waals surface area contributed by atoms with Gasteiger partial charge in [0.05, 0.1) is 5.56 Å². The Kier molecular flexibility index (Phi) is 4.01. The third-order valence-corrected chi connectivity index (χ3v) is 4.45. The fourth-order valence-corrected chi connectivity index (χ4v) is 3.37. The van der Waals surface area contributed by atoms with Crippen LogP contribution in [0.25, 0.3) is 0 Å². The fourth-order valence-electron chi connectivity index (χ4n) is 3.16. The summed E-state index contributed by atoms with van der Waals surface area (Å²) in [5.41, 5.74) is -0.734. The standard InChI is InChI=1S/C14H17ClF3N3/c15-12-7-10(14(16,17)18)8-13(19-12)21-6-3-11(9-21)20-4-1-2-5-20/h7-8,11H,1-6,9H2. The van der Waals surface area contributed by atoms with E-state index in [4.69, 9.17) is 11.6 Å². The summed E-state index contributed by atoms with van der Waals surface area (Å²) >= 11 is 5.75. The van der Waals surface area contributed by atoms with Crippen molar-refractivity contribution in [3.63, 3.8) is 0 Å². The van der Waals surface area contributed by atoms with E-state index in [9.17, 15) is 13.2 Å². The average Bonchev–Trinajstić information content (AvgIpc) is 3.08. The minimum Gasteiger partial charge on any atom is -0.355 e. The van der Waals surface area contributed by atoms with Gasteiger partial charge in [0.2, 0.25) is 0 Å². The normalized spacial score (nSPS) is 24.0. The highest BCUT2D eigenvalue weighted by Gasteiger charge is 2.34. The zero-order valence-corrected chi connectivity index (χ0v) is 12.3. The number of anilines is 1. The molecule has 0 amide bonds. The number of aromatic nitrogens is 1. The molecule has 116 valence electrons. The largest absolute Gasteiger partial charge is 0.416 e. The molecule has 0 N–H and O–H groups in total. The first kappa shape index (κ1) is 14.9. The number of likely N-dealkylation sites (tertiary alicyclic amines) is 1. The Morgan fingerprint density at radius 2 is 1.86 bits per heavy atom. The second-order valence-corrected chi connectivity index (χ2v) is 6.05. The zero-order chi connectivity index (χ0) is 15.0. The van der Waals surface area contributed by atoms with Gasteiger partial charge in [-0.15, -0.1) is 0 Å². The zero-order valence-electron chi connectivity index (χ0n) is 11.5. The molecule has 1 atom stereocenters. The van der Waals surface area contributed by atoms with Crippen LogP contribution in [-0.2, 0) is 6.18 Å². The molecule has 0 saturated carbocycles. The summed E-state index contributed by atoms with van der Waals surface area (Å²) in [5, 5.41) is -0.107. The predicted molar refractivity (Wildman–Crippen MR) is 75.7 cm³/mol. The SMILES string of the molecule is FC(F)(F)c1cc(Cl)nc(N2CCC(N3CCCC3)C2)c1. The van der Waals surface area contributed by atoms with Gasteiger partial charge >= 0.3 is 6.18 Å². The highest BCUT2D eigenvalue weighted by atomic mass is 35.5. The van der Waals surface area contributed by atoms with Crippen molar-refractivity contribution in [1.29, 1.82) is 0 Å². The Balaban J connectivity index is 1.76. The van der Waals surface area contributed by atoms with Crippen molar-refractivity contribution in [1.82, 2.24) is 9.88 Å². The topological polar surface area (TPSA) is 19.4 Å². The van der Waals surface area contributed by atoms with Gasteiger partial charge in [0.15, 0.2) is 0 Å². The van der Waals surface area contributed by atoms with Gasteiger partial charge < -0.3 is 4.90 Å².